The number of hydrogen-bond acceptors (Lipinski definition) is 5. The highest BCUT2D eigenvalue weighted by atomic mass is 19.4. The van der Waals surface area contributed by atoms with Crippen LogP contribution in [-0.2, 0) is 0 Å². The zero-order valence-corrected chi connectivity index (χ0v) is 15.8. The molecule has 1 aliphatic rings. The number of carbonyl (C=O) groups excluding carboxylic acids is 1. The van der Waals surface area contributed by atoms with Gasteiger partial charge in [0.15, 0.2) is 11.7 Å². The fraction of sp³-hybridized carbons (Fsp3) is 0.300. The SMILES string of the molecule is C[C@H](O)c1cccc(NC(=O)c2cc3n(n2)[C@H](C(F)(F)F)C[C@@H](c2ccco2)N3)c1. The Morgan fingerprint density at radius 3 is 2.80 bits per heavy atom. The van der Waals surface area contributed by atoms with E-state index in [1.807, 2.05) is 0 Å². The summed E-state index contributed by atoms with van der Waals surface area (Å²) >= 11 is 0. The molecule has 1 amide bonds. The van der Waals surface area contributed by atoms with E-state index in [1.165, 1.54) is 12.3 Å². The van der Waals surface area contributed by atoms with Crippen LogP contribution in [-0.4, -0.2) is 27.0 Å². The monoisotopic (exact) mass is 420 g/mol. The number of hydrogen-bond donors (Lipinski definition) is 3. The van der Waals surface area contributed by atoms with Gasteiger partial charge in [-0.25, -0.2) is 4.68 Å². The van der Waals surface area contributed by atoms with Crippen LogP contribution in [0.2, 0.25) is 0 Å². The number of amides is 1. The molecule has 3 heterocycles. The van der Waals surface area contributed by atoms with Gasteiger partial charge in [-0.05, 0) is 36.8 Å². The average molecular weight is 420 g/mol. The first-order valence-corrected chi connectivity index (χ1v) is 9.28. The Morgan fingerprint density at radius 1 is 1.33 bits per heavy atom. The van der Waals surface area contributed by atoms with Crippen LogP contribution in [0.15, 0.2) is 53.1 Å². The Balaban J connectivity index is 1.61. The van der Waals surface area contributed by atoms with Crippen LogP contribution in [0.3, 0.4) is 0 Å². The lowest BCUT2D eigenvalue weighted by molar-refractivity contribution is -0.174. The molecule has 0 spiro atoms. The maximum absolute atomic E-state index is 13.7. The van der Waals surface area contributed by atoms with E-state index in [0.29, 0.717) is 17.0 Å². The molecule has 30 heavy (non-hydrogen) atoms. The molecule has 0 bridgehead atoms. The van der Waals surface area contributed by atoms with Gasteiger partial charge in [0.2, 0.25) is 0 Å². The second kappa shape index (κ2) is 7.52. The number of nitrogens with one attached hydrogen (secondary N) is 2. The summed E-state index contributed by atoms with van der Waals surface area (Å²) in [7, 11) is 0. The number of alkyl halides is 3. The van der Waals surface area contributed by atoms with Gasteiger partial charge in [-0.1, -0.05) is 12.1 Å². The molecule has 0 fully saturated rings. The van der Waals surface area contributed by atoms with Crippen molar-refractivity contribution in [1.29, 1.82) is 0 Å². The lowest BCUT2D eigenvalue weighted by Gasteiger charge is -2.32. The number of benzene rings is 1. The van der Waals surface area contributed by atoms with Crippen molar-refractivity contribution in [2.24, 2.45) is 0 Å². The smallest absolute Gasteiger partial charge is 0.410 e. The van der Waals surface area contributed by atoms with Crippen LogP contribution < -0.4 is 10.6 Å². The van der Waals surface area contributed by atoms with Gasteiger partial charge in [-0.2, -0.15) is 18.3 Å². The van der Waals surface area contributed by atoms with Crippen molar-refractivity contribution in [3.63, 3.8) is 0 Å². The minimum atomic E-state index is -4.55. The van der Waals surface area contributed by atoms with E-state index in [-0.39, 0.29) is 17.9 Å². The summed E-state index contributed by atoms with van der Waals surface area (Å²) < 4.78 is 47.1. The summed E-state index contributed by atoms with van der Waals surface area (Å²) in [5, 5.41) is 19.1. The summed E-state index contributed by atoms with van der Waals surface area (Å²) in [6.07, 6.45) is -4.20. The molecule has 0 saturated carbocycles. The largest absolute Gasteiger partial charge is 0.467 e. The minimum absolute atomic E-state index is 0.0767. The summed E-state index contributed by atoms with van der Waals surface area (Å²) in [6.45, 7) is 1.59. The average Bonchev–Trinajstić information content (AvgIpc) is 3.36. The number of nitrogens with zero attached hydrogens (tertiary/aromatic N) is 2. The van der Waals surface area contributed by atoms with Gasteiger partial charge in [-0.3, -0.25) is 4.79 Å². The number of fused-ring (bicyclic) bond motifs is 1. The quantitative estimate of drug-likeness (QED) is 0.580. The summed E-state index contributed by atoms with van der Waals surface area (Å²) in [5.74, 6) is -0.206. The van der Waals surface area contributed by atoms with Crippen molar-refractivity contribution in [2.45, 2.75) is 37.7 Å². The number of aromatic nitrogens is 2. The number of furan rings is 1. The van der Waals surface area contributed by atoms with Gasteiger partial charge in [0.1, 0.15) is 11.6 Å². The zero-order valence-electron chi connectivity index (χ0n) is 15.8. The molecule has 7 nitrogen and oxygen atoms in total. The molecule has 3 atom stereocenters. The van der Waals surface area contributed by atoms with Gasteiger partial charge >= 0.3 is 6.18 Å². The summed E-state index contributed by atoms with van der Waals surface area (Å²) in [4.78, 5) is 12.6. The lowest BCUT2D eigenvalue weighted by atomic mass is 10.0. The first-order chi connectivity index (χ1) is 14.2. The van der Waals surface area contributed by atoms with Crippen molar-refractivity contribution in [1.82, 2.24) is 9.78 Å². The van der Waals surface area contributed by atoms with E-state index in [2.05, 4.69) is 15.7 Å². The topological polar surface area (TPSA) is 92.3 Å². The molecule has 3 N–H and O–H groups in total. The molecule has 1 aliphatic heterocycles. The highest BCUT2D eigenvalue weighted by Gasteiger charge is 2.47. The van der Waals surface area contributed by atoms with Crippen LogP contribution in [0.4, 0.5) is 24.7 Å². The Labute approximate surface area is 169 Å². The predicted octanol–water partition coefficient (Wildman–Crippen LogP) is 4.44. The van der Waals surface area contributed by atoms with E-state index in [0.717, 1.165) is 4.68 Å². The summed E-state index contributed by atoms with van der Waals surface area (Å²) in [6, 6.07) is 8.44. The standard InChI is InChI=1S/C20H19F3N4O3/c1-11(28)12-4-2-5-13(8-12)24-19(29)15-10-18-25-14(16-6-3-7-30-16)9-17(20(21,22)23)27(18)26-15/h2-8,10-11,14,17,25,28H,9H2,1H3,(H,24,29)/t11-,14-,17-/m0/s1. The molecule has 10 heteroatoms. The molecule has 2 aromatic heterocycles. The highest BCUT2D eigenvalue weighted by Crippen LogP contribution is 2.43. The number of aliphatic hydroxyl groups is 1. The second-order valence-electron chi connectivity index (χ2n) is 7.12. The first-order valence-electron chi connectivity index (χ1n) is 9.28. The van der Waals surface area contributed by atoms with Crippen molar-refractivity contribution >= 4 is 17.4 Å². The van der Waals surface area contributed by atoms with Crippen molar-refractivity contribution < 1.29 is 27.5 Å². The normalized spacial score (nSPS) is 19.6. The third kappa shape index (κ3) is 3.90. The molecule has 1 aromatic carbocycles. The first kappa shape index (κ1) is 20.0. The predicted molar refractivity (Wildman–Crippen MR) is 102 cm³/mol. The number of aliphatic hydroxyl groups excluding tert-OH is 1. The van der Waals surface area contributed by atoms with Gasteiger partial charge < -0.3 is 20.2 Å². The second-order valence-corrected chi connectivity index (χ2v) is 7.12. The fourth-order valence-corrected chi connectivity index (χ4v) is 3.43. The fourth-order valence-electron chi connectivity index (χ4n) is 3.43. The van der Waals surface area contributed by atoms with E-state index in [1.54, 1.807) is 43.3 Å². The molecule has 0 aliphatic carbocycles. The Hall–Kier alpha value is -3.27. The van der Waals surface area contributed by atoms with Gasteiger partial charge in [0.05, 0.1) is 18.4 Å². The van der Waals surface area contributed by atoms with E-state index < -0.39 is 30.3 Å². The molecule has 3 aromatic rings. The number of anilines is 2. The number of rotatable bonds is 4. The highest BCUT2D eigenvalue weighted by molar-refractivity contribution is 6.03. The van der Waals surface area contributed by atoms with Gasteiger partial charge in [0.25, 0.3) is 5.91 Å². The third-order valence-corrected chi connectivity index (χ3v) is 4.94. The Morgan fingerprint density at radius 2 is 2.13 bits per heavy atom. The van der Waals surface area contributed by atoms with Crippen molar-refractivity contribution in [3.8, 4) is 0 Å². The van der Waals surface area contributed by atoms with Crippen LogP contribution in [0.1, 0.15) is 53.3 Å². The van der Waals surface area contributed by atoms with E-state index in [9.17, 15) is 23.1 Å². The van der Waals surface area contributed by atoms with Crippen LogP contribution in [0.5, 0.6) is 0 Å². The molecule has 158 valence electrons. The molecular weight excluding hydrogens is 401 g/mol. The van der Waals surface area contributed by atoms with E-state index in [4.69, 9.17) is 4.42 Å². The molecular formula is C20H19F3N4O3. The van der Waals surface area contributed by atoms with Crippen molar-refractivity contribution in [2.75, 3.05) is 10.6 Å². The maximum Gasteiger partial charge on any atom is 0.410 e. The minimum Gasteiger partial charge on any atom is -0.467 e. The zero-order chi connectivity index (χ0) is 21.5. The summed E-state index contributed by atoms with van der Waals surface area (Å²) in [5.41, 5.74) is 0.837. The van der Waals surface area contributed by atoms with E-state index >= 15 is 0 Å². The Bertz CT molecular complexity index is 1040. The van der Waals surface area contributed by atoms with Gasteiger partial charge in [0, 0.05) is 18.2 Å². The Kier molecular flexibility index (Phi) is 5.02. The molecule has 4 rings (SSSR count). The van der Waals surface area contributed by atoms with Crippen LogP contribution in [0, 0.1) is 0 Å². The van der Waals surface area contributed by atoms with Crippen LogP contribution in [0.25, 0.3) is 0 Å². The molecule has 0 saturated heterocycles. The lowest BCUT2D eigenvalue weighted by Crippen LogP contribution is -2.35. The van der Waals surface area contributed by atoms with Gasteiger partial charge in [-0.15, -0.1) is 0 Å². The third-order valence-electron chi connectivity index (χ3n) is 4.94. The number of halogens is 3. The molecule has 0 unspecified atom stereocenters. The molecule has 0 radical (unpaired) electrons. The van der Waals surface area contributed by atoms with Crippen LogP contribution >= 0.6 is 0 Å². The maximum atomic E-state index is 13.7. The van der Waals surface area contributed by atoms with Crippen molar-refractivity contribution in [3.05, 3.63) is 65.7 Å². The number of carbonyl (C=O) groups is 1.